The maximum absolute atomic E-state index is 13.7. The van der Waals surface area contributed by atoms with Crippen molar-refractivity contribution < 1.29 is 14.3 Å². The van der Waals surface area contributed by atoms with Crippen LogP contribution in [0.2, 0.25) is 0 Å². The van der Waals surface area contributed by atoms with Crippen LogP contribution in [0.5, 0.6) is 11.5 Å². The Hall–Kier alpha value is -3.25. The van der Waals surface area contributed by atoms with Gasteiger partial charge in [0.2, 0.25) is 6.79 Å². The largest absolute Gasteiger partial charge is 0.454 e. The van der Waals surface area contributed by atoms with Gasteiger partial charge in [-0.15, -0.1) is 0 Å². The summed E-state index contributed by atoms with van der Waals surface area (Å²) in [7, 11) is 0. The van der Waals surface area contributed by atoms with E-state index in [2.05, 4.69) is 57.8 Å². The fourth-order valence-electron chi connectivity index (χ4n) is 4.95. The van der Waals surface area contributed by atoms with Crippen LogP contribution in [-0.2, 0) is 4.79 Å². The van der Waals surface area contributed by atoms with Crippen molar-refractivity contribution in [1.82, 2.24) is 0 Å². The van der Waals surface area contributed by atoms with E-state index in [0.29, 0.717) is 17.9 Å². The first kappa shape index (κ1) is 20.4. The summed E-state index contributed by atoms with van der Waals surface area (Å²) in [5, 5.41) is 7.23. The molecule has 0 amide bonds. The summed E-state index contributed by atoms with van der Waals surface area (Å²) in [6.45, 7) is 2.29. The molecule has 2 atom stereocenters. The smallest absolute Gasteiger partial charge is 0.231 e. The number of Topliss-reactive ketones (excluding diaryl/α,β-unsaturated/α-hetero) is 1. The van der Waals surface area contributed by atoms with E-state index in [4.69, 9.17) is 9.47 Å². The molecule has 0 bridgehead atoms. The molecule has 0 saturated heterocycles. The lowest BCUT2D eigenvalue weighted by Gasteiger charge is -2.30. The van der Waals surface area contributed by atoms with Crippen LogP contribution < -0.4 is 20.1 Å². The van der Waals surface area contributed by atoms with Crippen LogP contribution in [-0.4, -0.2) is 12.6 Å². The van der Waals surface area contributed by atoms with Gasteiger partial charge < -0.3 is 20.1 Å². The van der Waals surface area contributed by atoms with Crippen LogP contribution in [0.4, 0.5) is 11.4 Å². The zero-order valence-corrected chi connectivity index (χ0v) is 19.7. The summed E-state index contributed by atoms with van der Waals surface area (Å²) < 4.78 is 12.1. The predicted molar refractivity (Wildman–Crippen MR) is 132 cm³/mol. The summed E-state index contributed by atoms with van der Waals surface area (Å²) in [6.07, 6.45) is 1.26. The van der Waals surface area contributed by atoms with Gasteiger partial charge in [0.15, 0.2) is 17.3 Å². The van der Waals surface area contributed by atoms with Gasteiger partial charge in [0.05, 0.1) is 17.4 Å². The number of benzene rings is 3. The number of hydrogen-bond donors (Lipinski definition) is 2. The Morgan fingerprint density at radius 1 is 0.939 bits per heavy atom. The number of anilines is 2. The molecule has 0 unspecified atom stereocenters. The Balaban J connectivity index is 1.47. The highest BCUT2D eigenvalue weighted by atomic mass is 79.9. The van der Waals surface area contributed by atoms with Crippen LogP contribution >= 0.6 is 15.9 Å². The fourth-order valence-corrected chi connectivity index (χ4v) is 5.51. The number of ketones is 1. The predicted octanol–water partition coefficient (Wildman–Crippen LogP) is 6.47. The first-order valence-electron chi connectivity index (χ1n) is 11.1. The molecule has 166 valence electrons. The number of ether oxygens (including phenoxy) is 2. The Bertz CT molecular complexity index is 1300. The lowest BCUT2D eigenvalue weighted by Crippen LogP contribution is -2.27. The molecule has 6 heteroatoms. The summed E-state index contributed by atoms with van der Waals surface area (Å²) in [5.41, 5.74) is 7.07. The number of aryl methyl sites for hydroxylation is 1. The standard InChI is InChI=1S/C27H23BrN2O3/c1-15-6-8-16(9-7-15)17-10-22-26(23(31)11-17)27(30-21-5-3-2-4-20(21)29-22)18-12-24-25(13-19(18)28)33-14-32-24/h2-9,12-13,17,27,29-30H,10-11,14H2,1H3/t17-,27-/m0/s1. The van der Waals surface area contributed by atoms with Crippen molar-refractivity contribution in [2.45, 2.75) is 31.7 Å². The summed E-state index contributed by atoms with van der Waals surface area (Å²) in [4.78, 5) is 13.7. The van der Waals surface area contributed by atoms with Crippen LogP contribution in [0.25, 0.3) is 0 Å². The molecule has 0 fully saturated rings. The third-order valence-corrected chi connectivity index (χ3v) is 7.35. The number of carbonyl (C=O) groups is 1. The SMILES string of the molecule is Cc1ccc([C@@H]2CC(=O)C3=C(C2)Nc2ccccc2N[C@H]3c2cc3c(cc2Br)OCO3)cc1. The minimum absolute atomic E-state index is 0.149. The maximum Gasteiger partial charge on any atom is 0.231 e. The van der Waals surface area contributed by atoms with Crippen LogP contribution in [0.1, 0.15) is 41.5 Å². The van der Waals surface area contributed by atoms with Crippen molar-refractivity contribution in [2.75, 3.05) is 17.4 Å². The molecule has 0 saturated carbocycles. The molecule has 2 N–H and O–H groups in total. The number of carbonyl (C=O) groups excluding carboxylic acids is 1. The Morgan fingerprint density at radius 2 is 1.67 bits per heavy atom. The second kappa shape index (κ2) is 7.96. The average molecular weight is 503 g/mol. The van der Waals surface area contributed by atoms with E-state index in [9.17, 15) is 4.79 Å². The van der Waals surface area contributed by atoms with Crippen molar-refractivity contribution >= 4 is 33.1 Å². The Kier molecular flexibility index (Phi) is 4.91. The third kappa shape index (κ3) is 3.59. The minimum Gasteiger partial charge on any atom is -0.454 e. The second-order valence-electron chi connectivity index (χ2n) is 8.81. The second-order valence-corrected chi connectivity index (χ2v) is 9.66. The van der Waals surface area contributed by atoms with Crippen molar-refractivity contribution in [3.05, 3.63) is 93.1 Å². The topological polar surface area (TPSA) is 59.6 Å². The summed E-state index contributed by atoms with van der Waals surface area (Å²) >= 11 is 3.71. The maximum atomic E-state index is 13.7. The summed E-state index contributed by atoms with van der Waals surface area (Å²) in [5.74, 6) is 1.71. The van der Waals surface area contributed by atoms with Gasteiger partial charge in [0.1, 0.15) is 0 Å². The number of para-hydroxylation sites is 2. The van der Waals surface area contributed by atoms with E-state index in [1.54, 1.807) is 0 Å². The van der Waals surface area contributed by atoms with Crippen molar-refractivity contribution in [3.63, 3.8) is 0 Å². The zero-order chi connectivity index (χ0) is 22.5. The lowest BCUT2D eigenvalue weighted by atomic mass is 9.78. The quantitative estimate of drug-likeness (QED) is 0.420. The first-order valence-corrected chi connectivity index (χ1v) is 11.9. The monoisotopic (exact) mass is 502 g/mol. The molecule has 33 heavy (non-hydrogen) atoms. The molecule has 5 nitrogen and oxygen atoms in total. The number of hydrogen-bond acceptors (Lipinski definition) is 5. The zero-order valence-electron chi connectivity index (χ0n) is 18.2. The van der Waals surface area contributed by atoms with E-state index < -0.39 is 0 Å². The Labute approximate surface area is 200 Å². The fraction of sp³-hybridized carbons (Fsp3) is 0.222. The highest BCUT2D eigenvalue weighted by molar-refractivity contribution is 9.10. The number of nitrogens with one attached hydrogen (secondary N) is 2. The molecule has 0 aromatic heterocycles. The van der Waals surface area contributed by atoms with E-state index >= 15 is 0 Å². The minimum atomic E-state index is -0.313. The van der Waals surface area contributed by atoms with Gasteiger partial charge in [-0.25, -0.2) is 0 Å². The molecule has 6 rings (SSSR count). The molecule has 3 aromatic carbocycles. The van der Waals surface area contributed by atoms with E-state index in [1.165, 1.54) is 11.1 Å². The number of fused-ring (bicyclic) bond motifs is 2. The van der Waals surface area contributed by atoms with Gasteiger partial charge in [-0.3, -0.25) is 4.79 Å². The third-order valence-electron chi connectivity index (χ3n) is 6.66. The Morgan fingerprint density at radius 3 is 2.45 bits per heavy atom. The lowest BCUT2D eigenvalue weighted by molar-refractivity contribution is -0.116. The number of allylic oxidation sites excluding steroid dienone is 1. The number of halogens is 1. The van der Waals surface area contributed by atoms with Crippen molar-refractivity contribution in [2.24, 2.45) is 0 Å². The average Bonchev–Trinajstić information content (AvgIpc) is 3.18. The van der Waals surface area contributed by atoms with Crippen LogP contribution in [0, 0.1) is 6.92 Å². The van der Waals surface area contributed by atoms with Gasteiger partial charge in [0, 0.05) is 22.2 Å². The number of rotatable bonds is 2. The van der Waals surface area contributed by atoms with Gasteiger partial charge in [-0.1, -0.05) is 57.9 Å². The van der Waals surface area contributed by atoms with E-state index in [1.807, 2.05) is 36.4 Å². The van der Waals surface area contributed by atoms with Gasteiger partial charge >= 0.3 is 0 Å². The van der Waals surface area contributed by atoms with Crippen LogP contribution in [0.15, 0.2) is 76.4 Å². The molecule has 2 aliphatic heterocycles. The van der Waals surface area contributed by atoms with Crippen molar-refractivity contribution in [1.29, 1.82) is 0 Å². The highest BCUT2D eigenvalue weighted by Crippen LogP contribution is 2.47. The normalized spacial score (nSPS) is 21.0. The molecule has 0 radical (unpaired) electrons. The molecule has 0 spiro atoms. The highest BCUT2D eigenvalue weighted by Gasteiger charge is 2.37. The van der Waals surface area contributed by atoms with Crippen molar-refractivity contribution in [3.8, 4) is 11.5 Å². The molecule has 3 aliphatic rings. The molecule has 2 heterocycles. The molecule has 1 aliphatic carbocycles. The van der Waals surface area contributed by atoms with E-state index in [0.717, 1.165) is 39.1 Å². The molecular weight excluding hydrogens is 480 g/mol. The van der Waals surface area contributed by atoms with Gasteiger partial charge in [-0.05, 0) is 54.7 Å². The van der Waals surface area contributed by atoms with Gasteiger partial charge in [0.25, 0.3) is 0 Å². The van der Waals surface area contributed by atoms with E-state index in [-0.39, 0.29) is 24.5 Å². The van der Waals surface area contributed by atoms with Crippen LogP contribution in [0.3, 0.4) is 0 Å². The molecule has 3 aromatic rings. The summed E-state index contributed by atoms with van der Waals surface area (Å²) in [6, 6.07) is 20.2. The first-order chi connectivity index (χ1) is 16.1. The van der Waals surface area contributed by atoms with Gasteiger partial charge in [-0.2, -0.15) is 0 Å². The molecular formula is C27H23BrN2O3.